The predicted octanol–water partition coefficient (Wildman–Crippen LogP) is 2.16. The van der Waals surface area contributed by atoms with Gasteiger partial charge in [0.05, 0.1) is 4.92 Å². The van der Waals surface area contributed by atoms with Crippen molar-refractivity contribution in [3.63, 3.8) is 0 Å². The van der Waals surface area contributed by atoms with Crippen LogP contribution in [0.2, 0.25) is 0 Å². The first-order valence-corrected chi connectivity index (χ1v) is 9.75. The minimum atomic E-state index is -0.468. The van der Waals surface area contributed by atoms with Gasteiger partial charge in [-0.25, -0.2) is 0 Å². The minimum Gasteiger partial charge on any atom is -0.368 e. The Labute approximate surface area is 174 Å². The summed E-state index contributed by atoms with van der Waals surface area (Å²) in [6.07, 6.45) is 0. The molecule has 0 spiro atoms. The molecule has 9 heteroatoms. The molecule has 1 saturated heterocycles. The first kappa shape index (κ1) is 21.1. The standard InChI is InChI=1S/C21H25N5O4/c1-14(2)23-21(28)16-5-8-18(19(13-16)26(29)30)25-11-9-24(10-12-25)17-6-3-15(4-7-17)20(22)27/h3-8,13-14H,9-12H2,1-2H3,(H2,22,27)(H,23,28). The molecule has 0 unspecified atom stereocenters. The second-order valence-corrected chi connectivity index (χ2v) is 7.47. The molecule has 3 N–H and O–H groups in total. The molecule has 1 fully saturated rings. The van der Waals surface area contributed by atoms with Gasteiger partial charge < -0.3 is 20.9 Å². The monoisotopic (exact) mass is 411 g/mol. The van der Waals surface area contributed by atoms with E-state index in [1.165, 1.54) is 6.07 Å². The molecule has 2 aromatic rings. The molecule has 1 aliphatic heterocycles. The molecule has 30 heavy (non-hydrogen) atoms. The van der Waals surface area contributed by atoms with Gasteiger partial charge in [-0.1, -0.05) is 0 Å². The van der Waals surface area contributed by atoms with E-state index in [4.69, 9.17) is 5.73 Å². The van der Waals surface area contributed by atoms with Crippen molar-refractivity contribution in [3.8, 4) is 0 Å². The Morgan fingerprint density at radius 1 is 1.00 bits per heavy atom. The number of nitro groups is 1. The number of benzene rings is 2. The van der Waals surface area contributed by atoms with Gasteiger partial charge in [-0.3, -0.25) is 19.7 Å². The van der Waals surface area contributed by atoms with Crippen LogP contribution in [0.15, 0.2) is 42.5 Å². The summed E-state index contributed by atoms with van der Waals surface area (Å²) in [5, 5.41) is 14.4. The topological polar surface area (TPSA) is 122 Å². The lowest BCUT2D eigenvalue weighted by molar-refractivity contribution is -0.384. The van der Waals surface area contributed by atoms with E-state index in [1.54, 1.807) is 24.3 Å². The number of nitrogens with one attached hydrogen (secondary N) is 1. The predicted molar refractivity (Wildman–Crippen MR) is 115 cm³/mol. The number of nitro benzene ring substituents is 1. The summed E-state index contributed by atoms with van der Waals surface area (Å²) in [6.45, 7) is 6.19. The zero-order chi connectivity index (χ0) is 21.8. The van der Waals surface area contributed by atoms with E-state index in [0.29, 0.717) is 37.4 Å². The van der Waals surface area contributed by atoms with Crippen molar-refractivity contribution in [2.75, 3.05) is 36.0 Å². The summed E-state index contributed by atoms with van der Waals surface area (Å²) in [6, 6.07) is 11.6. The van der Waals surface area contributed by atoms with Crippen LogP contribution in [0.3, 0.4) is 0 Å². The summed E-state index contributed by atoms with van der Waals surface area (Å²) in [7, 11) is 0. The SMILES string of the molecule is CC(C)NC(=O)c1ccc(N2CCN(c3ccc(C(N)=O)cc3)CC2)c([N+](=O)[O-])c1. The van der Waals surface area contributed by atoms with Crippen molar-refractivity contribution in [3.05, 3.63) is 63.7 Å². The van der Waals surface area contributed by atoms with E-state index >= 15 is 0 Å². The molecule has 2 amide bonds. The second kappa shape index (κ2) is 8.81. The molecule has 0 aromatic heterocycles. The highest BCUT2D eigenvalue weighted by molar-refractivity contribution is 5.96. The minimum absolute atomic E-state index is 0.0543. The Bertz CT molecular complexity index is 950. The number of carbonyl (C=O) groups is 2. The fraction of sp³-hybridized carbons (Fsp3) is 0.333. The Kier molecular flexibility index (Phi) is 6.20. The Morgan fingerprint density at radius 2 is 1.57 bits per heavy atom. The van der Waals surface area contributed by atoms with E-state index < -0.39 is 10.8 Å². The van der Waals surface area contributed by atoms with Crippen molar-refractivity contribution in [1.29, 1.82) is 0 Å². The number of carbonyl (C=O) groups excluding carboxylic acids is 2. The smallest absolute Gasteiger partial charge is 0.293 e. The van der Waals surface area contributed by atoms with E-state index in [2.05, 4.69) is 10.2 Å². The molecule has 0 aliphatic carbocycles. The highest BCUT2D eigenvalue weighted by Crippen LogP contribution is 2.31. The molecular formula is C21H25N5O4. The van der Waals surface area contributed by atoms with Crippen molar-refractivity contribution >= 4 is 28.9 Å². The first-order chi connectivity index (χ1) is 14.3. The number of anilines is 2. The number of rotatable bonds is 6. The van der Waals surface area contributed by atoms with Gasteiger partial charge in [-0.2, -0.15) is 0 Å². The summed E-state index contributed by atoms with van der Waals surface area (Å²) in [5.41, 5.74) is 7.39. The van der Waals surface area contributed by atoms with Crippen LogP contribution >= 0.6 is 0 Å². The van der Waals surface area contributed by atoms with Crippen LogP contribution in [-0.4, -0.2) is 49.0 Å². The lowest BCUT2D eigenvalue weighted by Crippen LogP contribution is -2.46. The Balaban J connectivity index is 1.73. The number of piperazine rings is 1. The van der Waals surface area contributed by atoms with Gasteiger partial charge in [0.15, 0.2) is 0 Å². The number of primary amides is 1. The highest BCUT2D eigenvalue weighted by atomic mass is 16.6. The van der Waals surface area contributed by atoms with Gasteiger partial charge in [0.1, 0.15) is 5.69 Å². The Hall–Kier alpha value is -3.62. The third-order valence-corrected chi connectivity index (χ3v) is 4.99. The van der Waals surface area contributed by atoms with Crippen LogP contribution in [-0.2, 0) is 0 Å². The van der Waals surface area contributed by atoms with Crippen molar-refractivity contribution in [2.24, 2.45) is 5.73 Å². The maximum absolute atomic E-state index is 12.2. The van der Waals surface area contributed by atoms with Crippen molar-refractivity contribution < 1.29 is 14.5 Å². The van der Waals surface area contributed by atoms with Gasteiger partial charge in [-0.05, 0) is 50.2 Å². The number of hydrogen-bond acceptors (Lipinski definition) is 6. The number of nitrogens with zero attached hydrogens (tertiary/aromatic N) is 3. The van der Waals surface area contributed by atoms with E-state index in [9.17, 15) is 19.7 Å². The molecule has 0 bridgehead atoms. The van der Waals surface area contributed by atoms with Crippen LogP contribution in [0.25, 0.3) is 0 Å². The fourth-order valence-corrected chi connectivity index (χ4v) is 3.47. The molecule has 3 rings (SSSR count). The van der Waals surface area contributed by atoms with Crippen molar-refractivity contribution in [2.45, 2.75) is 19.9 Å². The third kappa shape index (κ3) is 4.68. The summed E-state index contributed by atoms with van der Waals surface area (Å²) >= 11 is 0. The maximum atomic E-state index is 12.2. The van der Waals surface area contributed by atoms with E-state index in [0.717, 1.165) is 5.69 Å². The lowest BCUT2D eigenvalue weighted by atomic mass is 10.1. The molecule has 0 atom stereocenters. The van der Waals surface area contributed by atoms with Gasteiger partial charge in [-0.15, -0.1) is 0 Å². The van der Waals surface area contributed by atoms with Gasteiger partial charge in [0.2, 0.25) is 5.91 Å². The average Bonchev–Trinajstić information content (AvgIpc) is 2.73. The van der Waals surface area contributed by atoms with Gasteiger partial charge in [0.25, 0.3) is 11.6 Å². The molecule has 1 aliphatic rings. The summed E-state index contributed by atoms with van der Waals surface area (Å²) < 4.78 is 0. The molecule has 1 heterocycles. The molecule has 2 aromatic carbocycles. The molecule has 0 saturated carbocycles. The second-order valence-electron chi connectivity index (χ2n) is 7.47. The lowest BCUT2D eigenvalue weighted by Gasteiger charge is -2.37. The molecule has 158 valence electrons. The Morgan fingerprint density at radius 3 is 2.10 bits per heavy atom. The van der Waals surface area contributed by atoms with Crippen LogP contribution in [0.4, 0.5) is 17.1 Å². The number of hydrogen-bond donors (Lipinski definition) is 2. The number of nitrogens with two attached hydrogens (primary N) is 1. The van der Waals surface area contributed by atoms with Gasteiger partial charge in [0, 0.05) is 55.1 Å². The average molecular weight is 411 g/mol. The summed E-state index contributed by atoms with van der Waals surface area (Å²) in [4.78, 5) is 38.7. The van der Waals surface area contributed by atoms with Crippen LogP contribution < -0.4 is 20.9 Å². The van der Waals surface area contributed by atoms with E-state index in [1.807, 2.05) is 30.9 Å². The first-order valence-electron chi connectivity index (χ1n) is 9.75. The molecular weight excluding hydrogens is 386 g/mol. The normalized spacial score (nSPS) is 14.0. The molecule has 0 radical (unpaired) electrons. The molecule has 9 nitrogen and oxygen atoms in total. The van der Waals surface area contributed by atoms with Gasteiger partial charge >= 0.3 is 0 Å². The van der Waals surface area contributed by atoms with Crippen molar-refractivity contribution in [1.82, 2.24) is 5.32 Å². The maximum Gasteiger partial charge on any atom is 0.293 e. The summed E-state index contributed by atoms with van der Waals surface area (Å²) in [5.74, 6) is -0.798. The quantitative estimate of drug-likeness (QED) is 0.555. The number of amides is 2. The largest absolute Gasteiger partial charge is 0.368 e. The van der Waals surface area contributed by atoms with Crippen LogP contribution in [0.5, 0.6) is 0 Å². The van der Waals surface area contributed by atoms with Crippen LogP contribution in [0, 0.1) is 10.1 Å². The fourth-order valence-electron chi connectivity index (χ4n) is 3.47. The van der Waals surface area contributed by atoms with E-state index in [-0.39, 0.29) is 23.2 Å². The zero-order valence-corrected chi connectivity index (χ0v) is 17.0. The zero-order valence-electron chi connectivity index (χ0n) is 17.0. The third-order valence-electron chi connectivity index (χ3n) is 4.99. The highest BCUT2D eigenvalue weighted by Gasteiger charge is 2.25. The van der Waals surface area contributed by atoms with Crippen LogP contribution in [0.1, 0.15) is 34.6 Å².